The lowest BCUT2D eigenvalue weighted by atomic mass is 9.93. The van der Waals surface area contributed by atoms with E-state index in [0.29, 0.717) is 11.6 Å². The third-order valence-electron chi connectivity index (χ3n) is 3.45. The molecule has 4 nitrogen and oxygen atoms in total. The molecule has 0 saturated carbocycles. The van der Waals surface area contributed by atoms with Crippen molar-refractivity contribution < 1.29 is 9.66 Å². The molecule has 1 aliphatic rings. The summed E-state index contributed by atoms with van der Waals surface area (Å²) >= 11 is 6.05. The van der Waals surface area contributed by atoms with Crippen LogP contribution in [0.4, 0.5) is 5.69 Å². The minimum atomic E-state index is -0.406. The van der Waals surface area contributed by atoms with Crippen molar-refractivity contribution in [3.63, 3.8) is 0 Å². The number of halogens is 1. The molecule has 0 aliphatic carbocycles. The largest absolute Gasteiger partial charge is 0.368 e. The van der Waals surface area contributed by atoms with E-state index in [1.807, 2.05) is 18.2 Å². The van der Waals surface area contributed by atoms with Gasteiger partial charge in [0.05, 0.1) is 11.5 Å². The number of nitrogens with zero attached hydrogens (tertiary/aromatic N) is 1. The van der Waals surface area contributed by atoms with E-state index in [2.05, 4.69) is 0 Å². The Balaban J connectivity index is 1.99. The first kappa shape index (κ1) is 13.1. The van der Waals surface area contributed by atoms with Crippen molar-refractivity contribution in [1.29, 1.82) is 0 Å². The number of fused-ring (bicyclic) bond motifs is 1. The average Bonchev–Trinajstić information content (AvgIpc) is 2.46. The van der Waals surface area contributed by atoms with Gasteiger partial charge in [-0.3, -0.25) is 10.1 Å². The summed E-state index contributed by atoms with van der Waals surface area (Å²) in [4.78, 5) is 10.3. The van der Waals surface area contributed by atoms with E-state index in [4.69, 9.17) is 16.3 Å². The fourth-order valence-electron chi connectivity index (χ4n) is 2.46. The molecule has 0 saturated heterocycles. The molecule has 0 bridgehead atoms. The van der Waals surface area contributed by atoms with Gasteiger partial charge in [-0.1, -0.05) is 17.7 Å². The van der Waals surface area contributed by atoms with Crippen LogP contribution < -0.4 is 0 Å². The van der Waals surface area contributed by atoms with Crippen LogP contribution in [-0.4, -0.2) is 11.5 Å². The Kier molecular flexibility index (Phi) is 3.42. The molecule has 0 aromatic heterocycles. The highest BCUT2D eigenvalue weighted by atomic mass is 35.5. The number of non-ortho nitro benzene ring substituents is 1. The molecule has 0 spiro atoms. The first-order valence-corrected chi connectivity index (χ1v) is 6.67. The van der Waals surface area contributed by atoms with Crippen LogP contribution in [-0.2, 0) is 11.2 Å². The van der Waals surface area contributed by atoms with Gasteiger partial charge in [-0.05, 0) is 47.4 Å². The lowest BCUT2D eigenvalue weighted by molar-refractivity contribution is -0.384. The average molecular weight is 290 g/mol. The molecule has 0 N–H and O–H groups in total. The highest BCUT2D eigenvalue weighted by Gasteiger charge is 2.23. The Morgan fingerprint density at radius 1 is 1.20 bits per heavy atom. The normalized spacial score (nSPS) is 17.6. The van der Waals surface area contributed by atoms with E-state index in [-0.39, 0.29) is 11.8 Å². The van der Waals surface area contributed by atoms with Crippen molar-refractivity contribution in [3.05, 3.63) is 74.3 Å². The van der Waals surface area contributed by atoms with E-state index >= 15 is 0 Å². The van der Waals surface area contributed by atoms with Crippen LogP contribution in [0.5, 0.6) is 0 Å². The zero-order chi connectivity index (χ0) is 14.1. The minimum absolute atomic E-state index is 0.0795. The number of benzene rings is 2. The topological polar surface area (TPSA) is 52.4 Å². The molecule has 0 fully saturated rings. The summed E-state index contributed by atoms with van der Waals surface area (Å²) in [6, 6.07) is 12.3. The molecule has 2 aromatic rings. The third-order valence-corrected chi connectivity index (χ3v) is 3.69. The van der Waals surface area contributed by atoms with Crippen LogP contribution in [0.25, 0.3) is 0 Å². The second-order valence-electron chi connectivity index (χ2n) is 4.69. The van der Waals surface area contributed by atoms with Crippen LogP contribution in [0, 0.1) is 10.1 Å². The van der Waals surface area contributed by atoms with E-state index in [9.17, 15) is 10.1 Å². The van der Waals surface area contributed by atoms with E-state index < -0.39 is 4.92 Å². The number of hydrogen-bond donors (Lipinski definition) is 0. The maximum absolute atomic E-state index is 10.7. The Morgan fingerprint density at radius 2 is 1.95 bits per heavy atom. The summed E-state index contributed by atoms with van der Waals surface area (Å²) in [7, 11) is 0. The van der Waals surface area contributed by atoms with Crippen LogP contribution in [0.2, 0.25) is 5.02 Å². The molecule has 0 unspecified atom stereocenters. The molecule has 1 aliphatic heterocycles. The number of nitro benzene ring substituents is 1. The smallest absolute Gasteiger partial charge is 0.269 e. The molecule has 2 aromatic carbocycles. The van der Waals surface area contributed by atoms with Gasteiger partial charge in [-0.25, -0.2) is 0 Å². The molecule has 0 amide bonds. The van der Waals surface area contributed by atoms with Gasteiger partial charge in [-0.15, -0.1) is 0 Å². The van der Waals surface area contributed by atoms with Crippen molar-refractivity contribution in [2.24, 2.45) is 0 Å². The zero-order valence-corrected chi connectivity index (χ0v) is 11.3. The molecular formula is C15H12ClNO3. The van der Waals surface area contributed by atoms with Gasteiger partial charge in [-0.2, -0.15) is 0 Å². The molecule has 5 heteroatoms. The van der Waals surface area contributed by atoms with E-state index in [1.165, 1.54) is 17.7 Å². The number of hydrogen-bond acceptors (Lipinski definition) is 3. The first-order valence-electron chi connectivity index (χ1n) is 6.29. The van der Waals surface area contributed by atoms with Gasteiger partial charge in [0.2, 0.25) is 0 Å². The van der Waals surface area contributed by atoms with E-state index in [1.54, 1.807) is 12.1 Å². The van der Waals surface area contributed by atoms with Crippen LogP contribution in [0.15, 0.2) is 42.5 Å². The van der Waals surface area contributed by atoms with Crippen molar-refractivity contribution in [1.82, 2.24) is 0 Å². The lowest BCUT2D eigenvalue weighted by Crippen LogP contribution is -2.17. The third kappa shape index (κ3) is 2.40. The van der Waals surface area contributed by atoms with Gasteiger partial charge in [0.15, 0.2) is 0 Å². The van der Waals surface area contributed by atoms with Gasteiger partial charge in [0.1, 0.15) is 6.10 Å². The van der Waals surface area contributed by atoms with E-state index in [0.717, 1.165) is 17.5 Å². The minimum Gasteiger partial charge on any atom is -0.368 e. The number of nitro groups is 1. The number of rotatable bonds is 2. The SMILES string of the molecule is O=[N+]([O-])c1ccc([C@@H]2OCCc3ccc(Cl)cc32)cc1. The summed E-state index contributed by atoms with van der Waals surface area (Å²) in [5, 5.41) is 11.4. The maximum atomic E-state index is 10.7. The fourth-order valence-corrected chi connectivity index (χ4v) is 2.64. The Hall–Kier alpha value is -1.91. The van der Waals surface area contributed by atoms with Crippen LogP contribution >= 0.6 is 11.6 Å². The molecule has 20 heavy (non-hydrogen) atoms. The van der Waals surface area contributed by atoms with Crippen LogP contribution in [0.3, 0.4) is 0 Å². The van der Waals surface area contributed by atoms with Gasteiger partial charge in [0.25, 0.3) is 5.69 Å². The predicted molar refractivity (Wildman–Crippen MR) is 76.0 cm³/mol. The molecule has 0 radical (unpaired) electrons. The monoisotopic (exact) mass is 289 g/mol. The van der Waals surface area contributed by atoms with Gasteiger partial charge < -0.3 is 4.74 Å². The Labute approximate surface area is 121 Å². The predicted octanol–water partition coefficient (Wildman–Crippen LogP) is 3.91. The van der Waals surface area contributed by atoms with Gasteiger partial charge >= 0.3 is 0 Å². The summed E-state index contributed by atoms with van der Waals surface area (Å²) < 4.78 is 5.82. The van der Waals surface area contributed by atoms with Gasteiger partial charge in [0, 0.05) is 17.2 Å². The highest BCUT2D eigenvalue weighted by Crippen LogP contribution is 2.34. The summed E-state index contributed by atoms with van der Waals surface area (Å²) in [5.74, 6) is 0. The fraction of sp³-hybridized carbons (Fsp3) is 0.200. The molecule has 3 rings (SSSR count). The summed E-state index contributed by atoms with van der Waals surface area (Å²) in [6.07, 6.45) is 0.647. The second kappa shape index (κ2) is 5.23. The molecule has 1 atom stereocenters. The number of ether oxygens (including phenoxy) is 1. The van der Waals surface area contributed by atoms with Crippen molar-refractivity contribution in [2.75, 3.05) is 6.61 Å². The molecular weight excluding hydrogens is 278 g/mol. The standard InChI is InChI=1S/C15H12ClNO3/c16-12-4-1-10-7-8-20-15(14(10)9-12)11-2-5-13(6-3-11)17(18)19/h1-6,9,15H,7-8H2/t15-/m0/s1. The molecule has 1 heterocycles. The first-order chi connectivity index (χ1) is 9.65. The quantitative estimate of drug-likeness (QED) is 0.622. The lowest BCUT2D eigenvalue weighted by Gasteiger charge is -2.26. The Morgan fingerprint density at radius 3 is 2.65 bits per heavy atom. The van der Waals surface area contributed by atoms with Crippen molar-refractivity contribution in [3.8, 4) is 0 Å². The highest BCUT2D eigenvalue weighted by molar-refractivity contribution is 6.30. The Bertz CT molecular complexity index is 655. The summed E-state index contributed by atoms with van der Waals surface area (Å²) in [5.41, 5.74) is 3.23. The molecule has 102 valence electrons. The van der Waals surface area contributed by atoms with Crippen molar-refractivity contribution in [2.45, 2.75) is 12.5 Å². The second-order valence-corrected chi connectivity index (χ2v) is 5.13. The zero-order valence-electron chi connectivity index (χ0n) is 10.6. The van der Waals surface area contributed by atoms with Crippen LogP contribution in [0.1, 0.15) is 22.8 Å². The maximum Gasteiger partial charge on any atom is 0.269 e. The summed E-state index contributed by atoms with van der Waals surface area (Å²) in [6.45, 7) is 0.635. The van der Waals surface area contributed by atoms with Crippen molar-refractivity contribution >= 4 is 17.3 Å².